The Balaban J connectivity index is 1.73. The Morgan fingerprint density at radius 1 is 1.33 bits per heavy atom. The van der Waals surface area contributed by atoms with Crippen molar-refractivity contribution in [2.24, 2.45) is 0 Å². The van der Waals surface area contributed by atoms with E-state index in [0.29, 0.717) is 25.2 Å². The Labute approximate surface area is 106 Å². The Morgan fingerprint density at radius 2 is 2.11 bits per heavy atom. The Hall–Kier alpha value is -2.30. The number of nitrogen functional groups attached to an aromatic ring is 1. The number of nitrogens with two attached hydrogens (primary N) is 1. The van der Waals surface area contributed by atoms with Gasteiger partial charge < -0.3 is 11.1 Å². The highest BCUT2D eigenvalue weighted by Gasteiger charge is 2.02. The molecule has 0 unspecified atom stereocenters. The maximum Gasteiger partial charge on any atom is 0.224 e. The Kier molecular flexibility index (Phi) is 3.96. The molecule has 1 aromatic heterocycles. The smallest absolute Gasteiger partial charge is 0.224 e. The topological polar surface area (TPSA) is 72.9 Å². The fraction of sp³-hybridized carbons (Fsp3) is 0.231. The summed E-state index contributed by atoms with van der Waals surface area (Å²) in [6, 6.07) is 9.18. The Morgan fingerprint density at radius 3 is 2.78 bits per heavy atom. The van der Waals surface area contributed by atoms with Gasteiger partial charge >= 0.3 is 0 Å². The maximum atomic E-state index is 11.7. The van der Waals surface area contributed by atoms with Crippen molar-refractivity contribution in [3.05, 3.63) is 48.3 Å². The number of anilines is 1. The van der Waals surface area contributed by atoms with Crippen molar-refractivity contribution in [2.45, 2.75) is 13.0 Å². The van der Waals surface area contributed by atoms with Crippen LogP contribution in [0.1, 0.15) is 5.56 Å². The number of aromatic nitrogens is 2. The number of carbonyl (C=O) groups is 1. The van der Waals surface area contributed by atoms with E-state index >= 15 is 0 Å². The van der Waals surface area contributed by atoms with Crippen molar-refractivity contribution in [3.63, 3.8) is 0 Å². The molecule has 2 aromatic rings. The predicted molar refractivity (Wildman–Crippen MR) is 69.8 cm³/mol. The van der Waals surface area contributed by atoms with Crippen LogP contribution in [0.4, 0.5) is 5.69 Å². The molecule has 0 aliphatic rings. The molecule has 2 rings (SSSR count). The van der Waals surface area contributed by atoms with Crippen molar-refractivity contribution in [3.8, 4) is 0 Å². The van der Waals surface area contributed by atoms with Crippen molar-refractivity contribution in [2.75, 3.05) is 12.3 Å². The second kappa shape index (κ2) is 5.86. The van der Waals surface area contributed by atoms with Gasteiger partial charge in [0.05, 0.1) is 13.0 Å². The van der Waals surface area contributed by atoms with Crippen molar-refractivity contribution < 1.29 is 4.79 Å². The molecule has 0 radical (unpaired) electrons. The summed E-state index contributed by atoms with van der Waals surface area (Å²) in [4.78, 5) is 11.7. The molecule has 0 bridgehead atoms. The average Bonchev–Trinajstić information content (AvgIpc) is 2.85. The number of nitrogens with one attached hydrogen (secondary N) is 1. The van der Waals surface area contributed by atoms with E-state index in [1.165, 1.54) is 0 Å². The molecule has 1 heterocycles. The first-order valence-electron chi connectivity index (χ1n) is 5.82. The number of nitrogens with zero attached hydrogens (tertiary/aromatic N) is 2. The third-order valence-electron chi connectivity index (χ3n) is 2.57. The molecule has 5 nitrogen and oxygen atoms in total. The highest BCUT2D eigenvalue weighted by atomic mass is 16.1. The summed E-state index contributed by atoms with van der Waals surface area (Å²) < 4.78 is 1.78. The number of rotatable bonds is 5. The summed E-state index contributed by atoms with van der Waals surface area (Å²) in [5.41, 5.74) is 7.25. The van der Waals surface area contributed by atoms with Gasteiger partial charge in [-0.15, -0.1) is 0 Å². The fourth-order valence-corrected chi connectivity index (χ4v) is 1.63. The van der Waals surface area contributed by atoms with Crippen LogP contribution in [0.5, 0.6) is 0 Å². The van der Waals surface area contributed by atoms with Gasteiger partial charge in [-0.05, 0) is 23.8 Å². The van der Waals surface area contributed by atoms with Gasteiger partial charge in [0.15, 0.2) is 0 Å². The highest BCUT2D eigenvalue weighted by Crippen LogP contribution is 2.05. The lowest BCUT2D eigenvalue weighted by atomic mass is 10.1. The van der Waals surface area contributed by atoms with Crippen LogP contribution in [-0.4, -0.2) is 22.2 Å². The van der Waals surface area contributed by atoms with E-state index < -0.39 is 0 Å². The summed E-state index contributed by atoms with van der Waals surface area (Å²) >= 11 is 0. The first kappa shape index (κ1) is 12.2. The normalized spacial score (nSPS) is 10.2. The zero-order valence-electron chi connectivity index (χ0n) is 10.0. The molecule has 1 amide bonds. The lowest BCUT2D eigenvalue weighted by Gasteiger charge is -2.05. The number of hydrogen-bond acceptors (Lipinski definition) is 3. The van der Waals surface area contributed by atoms with E-state index in [1.807, 2.05) is 24.4 Å². The molecule has 0 saturated heterocycles. The molecule has 0 fully saturated rings. The molecule has 3 N–H and O–H groups in total. The van der Waals surface area contributed by atoms with Gasteiger partial charge in [-0.1, -0.05) is 12.1 Å². The van der Waals surface area contributed by atoms with Crippen LogP contribution in [0.3, 0.4) is 0 Å². The van der Waals surface area contributed by atoms with Crippen molar-refractivity contribution in [1.82, 2.24) is 15.1 Å². The van der Waals surface area contributed by atoms with E-state index in [1.54, 1.807) is 23.0 Å². The van der Waals surface area contributed by atoms with E-state index in [0.717, 1.165) is 5.56 Å². The molecular weight excluding hydrogens is 228 g/mol. The maximum absolute atomic E-state index is 11.7. The van der Waals surface area contributed by atoms with Crippen molar-refractivity contribution >= 4 is 11.6 Å². The van der Waals surface area contributed by atoms with E-state index in [9.17, 15) is 4.79 Å². The van der Waals surface area contributed by atoms with Crippen LogP contribution in [0.2, 0.25) is 0 Å². The van der Waals surface area contributed by atoms with Gasteiger partial charge in [-0.25, -0.2) is 0 Å². The minimum atomic E-state index is 0.00641. The van der Waals surface area contributed by atoms with Crippen LogP contribution < -0.4 is 11.1 Å². The number of carbonyl (C=O) groups excluding carboxylic acids is 1. The lowest BCUT2D eigenvalue weighted by molar-refractivity contribution is -0.120. The standard InChI is InChI=1S/C13H16N4O/c14-12-4-2-11(3-5-12)10-13(18)15-7-9-17-8-1-6-16-17/h1-6,8H,7,9-10,14H2,(H,15,18). The first-order valence-corrected chi connectivity index (χ1v) is 5.82. The zero-order chi connectivity index (χ0) is 12.8. The van der Waals surface area contributed by atoms with E-state index in [4.69, 9.17) is 5.73 Å². The van der Waals surface area contributed by atoms with Crippen LogP contribution >= 0.6 is 0 Å². The molecule has 18 heavy (non-hydrogen) atoms. The minimum absolute atomic E-state index is 0.00641. The summed E-state index contributed by atoms with van der Waals surface area (Å²) in [7, 11) is 0. The second-order valence-electron chi connectivity index (χ2n) is 4.04. The monoisotopic (exact) mass is 244 g/mol. The molecule has 94 valence electrons. The predicted octanol–water partition coefficient (Wildman–Crippen LogP) is 0.824. The van der Waals surface area contributed by atoms with E-state index in [2.05, 4.69) is 10.4 Å². The number of hydrogen-bond donors (Lipinski definition) is 2. The number of amides is 1. The zero-order valence-corrected chi connectivity index (χ0v) is 10.0. The highest BCUT2D eigenvalue weighted by molar-refractivity contribution is 5.78. The third kappa shape index (κ3) is 3.62. The summed E-state index contributed by atoms with van der Waals surface area (Å²) in [5, 5.41) is 6.91. The van der Waals surface area contributed by atoms with Gasteiger partial charge in [-0.3, -0.25) is 9.48 Å². The quantitative estimate of drug-likeness (QED) is 0.765. The molecule has 0 spiro atoms. The van der Waals surface area contributed by atoms with E-state index in [-0.39, 0.29) is 5.91 Å². The molecule has 0 atom stereocenters. The van der Waals surface area contributed by atoms with Gasteiger partial charge in [-0.2, -0.15) is 5.10 Å². The fourth-order valence-electron chi connectivity index (χ4n) is 1.63. The van der Waals surface area contributed by atoms with Gasteiger partial charge in [0.25, 0.3) is 0 Å². The van der Waals surface area contributed by atoms with Crippen molar-refractivity contribution in [1.29, 1.82) is 0 Å². The van der Waals surface area contributed by atoms with Crippen LogP contribution in [-0.2, 0) is 17.8 Å². The molecule has 5 heteroatoms. The third-order valence-corrected chi connectivity index (χ3v) is 2.57. The minimum Gasteiger partial charge on any atom is -0.399 e. The molecule has 0 aliphatic heterocycles. The van der Waals surface area contributed by atoms with Gasteiger partial charge in [0.2, 0.25) is 5.91 Å². The first-order chi connectivity index (χ1) is 8.74. The summed E-state index contributed by atoms with van der Waals surface area (Å²) in [6.07, 6.45) is 3.96. The van der Waals surface area contributed by atoms with Crippen LogP contribution in [0.25, 0.3) is 0 Å². The lowest BCUT2D eigenvalue weighted by Crippen LogP contribution is -2.28. The Bertz CT molecular complexity index is 490. The molecule has 0 saturated carbocycles. The largest absolute Gasteiger partial charge is 0.399 e. The van der Waals surface area contributed by atoms with Crippen LogP contribution in [0, 0.1) is 0 Å². The van der Waals surface area contributed by atoms with Crippen LogP contribution in [0.15, 0.2) is 42.7 Å². The number of benzene rings is 1. The molecule has 0 aliphatic carbocycles. The molecule has 1 aromatic carbocycles. The summed E-state index contributed by atoms with van der Waals surface area (Å²) in [6.45, 7) is 1.26. The molecular formula is C13H16N4O. The summed E-state index contributed by atoms with van der Waals surface area (Å²) in [5.74, 6) is 0.00641. The average molecular weight is 244 g/mol. The van der Waals surface area contributed by atoms with Gasteiger partial charge in [0.1, 0.15) is 0 Å². The SMILES string of the molecule is Nc1ccc(CC(=O)NCCn2cccn2)cc1. The second-order valence-corrected chi connectivity index (χ2v) is 4.04. The van der Waals surface area contributed by atoms with Gasteiger partial charge in [0, 0.05) is 24.6 Å².